The standard InChI is InChI=1S/C22H24Cl2N2O3/c1-14-3-5-18(11-15(14)2)29-13-21(27)26-9-7-17(8-10-26)25-22(28)16-4-6-19(23)20(24)12-16/h3-6,11-12,17H,7-10,13H2,1-2H3,(H,25,28). The molecule has 0 spiro atoms. The van der Waals surface area contributed by atoms with E-state index in [-0.39, 0.29) is 24.5 Å². The Morgan fingerprint density at radius 1 is 1.03 bits per heavy atom. The number of carbonyl (C=O) groups excluding carboxylic acids is 2. The van der Waals surface area contributed by atoms with Crippen LogP contribution in [0.2, 0.25) is 10.0 Å². The molecule has 2 amide bonds. The fraction of sp³-hybridized carbons (Fsp3) is 0.364. The number of nitrogens with zero attached hydrogens (tertiary/aromatic N) is 1. The van der Waals surface area contributed by atoms with Crippen molar-refractivity contribution in [2.45, 2.75) is 32.7 Å². The summed E-state index contributed by atoms with van der Waals surface area (Å²) in [6.45, 7) is 5.24. The minimum absolute atomic E-state index is 0.0154. The lowest BCUT2D eigenvalue weighted by molar-refractivity contribution is -0.134. The molecule has 1 aliphatic heterocycles. The van der Waals surface area contributed by atoms with E-state index < -0.39 is 0 Å². The summed E-state index contributed by atoms with van der Waals surface area (Å²) >= 11 is 11.9. The number of amides is 2. The first-order valence-corrected chi connectivity index (χ1v) is 10.3. The van der Waals surface area contributed by atoms with Crippen molar-refractivity contribution in [1.82, 2.24) is 10.2 Å². The van der Waals surface area contributed by atoms with Crippen molar-refractivity contribution in [1.29, 1.82) is 0 Å². The number of benzene rings is 2. The van der Waals surface area contributed by atoms with Gasteiger partial charge in [0.15, 0.2) is 6.61 Å². The van der Waals surface area contributed by atoms with E-state index in [1.54, 1.807) is 23.1 Å². The van der Waals surface area contributed by atoms with Crippen LogP contribution < -0.4 is 10.1 Å². The van der Waals surface area contributed by atoms with Gasteiger partial charge in [-0.3, -0.25) is 9.59 Å². The van der Waals surface area contributed by atoms with Gasteiger partial charge in [0.25, 0.3) is 11.8 Å². The summed E-state index contributed by atoms with van der Waals surface area (Å²) in [4.78, 5) is 26.6. The van der Waals surface area contributed by atoms with Gasteiger partial charge in [-0.2, -0.15) is 0 Å². The molecule has 0 aliphatic carbocycles. The number of piperidine rings is 1. The molecule has 0 bridgehead atoms. The molecule has 5 nitrogen and oxygen atoms in total. The molecule has 0 saturated carbocycles. The van der Waals surface area contributed by atoms with E-state index in [4.69, 9.17) is 27.9 Å². The van der Waals surface area contributed by atoms with Gasteiger partial charge in [0.2, 0.25) is 0 Å². The normalized spacial score (nSPS) is 14.6. The minimum atomic E-state index is -0.189. The zero-order valence-corrected chi connectivity index (χ0v) is 18.0. The molecule has 0 unspecified atom stereocenters. The largest absolute Gasteiger partial charge is 0.484 e. The third-order valence-electron chi connectivity index (χ3n) is 5.21. The lowest BCUT2D eigenvalue weighted by Gasteiger charge is -2.32. The fourth-order valence-corrected chi connectivity index (χ4v) is 3.52. The number of hydrogen-bond donors (Lipinski definition) is 1. The van der Waals surface area contributed by atoms with Gasteiger partial charge in [0.05, 0.1) is 10.0 Å². The Balaban J connectivity index is 1.45. The summed E-state index contributed by atoms with van der Waals surface area (Å²) in [6, 6.07) is 10.6. The van der Waals surface area contributed by atoms with E-state index in [0.717, 1.165) is 5.56 Å². The van der Waals surface area contributed by atoms with Crippen molar-refractivity contribution in [3.63, 3.8) is 0 Å². The zero-order valence-electron chi connectivity index (χ0n) is 16.5. The predicted molar refractivity (Wildman–Crippen MR) is 115 cm³/mol. The van der Waals surface area contributed by atoms with Crippen LogP contribution in [0.5, 0.6) is 5.75 Å². The molecule has 0 aromatic heterocycles. The Bertz CT molecular complexity index is 909. The number of nitrogens with one attached hydrogen (secondary N) is 1. The molecule has 1 saturated heterocycles. The number of likely N-dealkylation sites (tertiary alicyclic amines) is 1. The molecule has 29 heavy (non-hydrogen) atoms. The van der Waals surface area contributed by atoms with E-state index in [1.165, 1.54) is 5.56 Å². The minimum Gasteiger partial charge on any atom is -0.484 e. The number of carbonyl (C=O) groups is 2. The Morgan fingerprint density at radius 3 is 2.41 bits per heavy atom. The van der Waals surface area contributed by atoms with Gasteiger partial charge in [0.1, 0.15) is 5.75 Å². The molecule has 154 valence electrons. The summed E-state index contributed by atoms with van der Waals surface area (Å²) in [5, 5.41) is 3.77. The first-order valence-electron chi connectivity index (χ1n) is 9.57. The highest BCUT2D eigenvalue weighted by Gasteiger charge is 2.24. The Kier molecular flexibility index (Phi) is 7.04. The number of aryl methyl sites for hydroxylation is 2. The number of ether oxygens (including phenoxy) is 1. The third kappa shape index (κ3) is 5.64. The average Bonchev–Trinajstić information content (AvgIpc) is 2.71. The van der Waals surface area contributed by atoms with Crippen LogP contribution in [-0.2, 0) is 4.79 Å². The number of rotatable bonds is 5. The highest BCUT2D eigenvalue weighted by molar-refractivity contribution is 6.42. The Labute approximate surface area is 180 Å². The van der Waals surface area contributed by atoms with Crippen molar-refractivity contribution in [2.75, 3.05) is 19.7 Å². The highest BCUT2D eigenvalue weighted by Crippen LogP contribution is 2.23. The second-order valence-electron chi connectivity index (χ2n) is 7.29. The quantitative estimate of drug-likeness (QED) is 0.757. The fourth-order valence-electron chi connectivity index (χ4n) is 3.22. The average molecular weight is 435 g/mol. The van der Waals surface area contributed by atoms with E-state index in [0.29, 0.717) is 47.3 Å². The van der Waals surface area contributed by atoms with Crippen molar-refractivity contribution in [3.8, 4) is 5.75 Å². The second-order valence-corrected chi connectivity index (χ2v) is 8.11. The van der Waals surface area contributed by atoms with E-state index in [9.17, 15) is 9.59 Å². The van der Waals surface area contributed by atoms with Crippen molar-refractivity contribution >= 4 is 35.0 Å². The van der Waals surface area contributed by atoms with Crippen molar-refractivity contribution in [2.24, 2.45) is 0 Å². The van der Waals surface area contributed by atoms with Crippen LogP contribution in [0.15, 0.2) is 36.4 Å². The lowest BCUT2D eigenvalue weighted by atomic mass is 10.0. The van der Waals surface area contributed by atoms with Gasteiger partial charge < -0.3 is 15.0 Å². The predicted octanol–water partition coefficient (Wildman–Crippen LogP) is 4.41. The molecule has 2 aromatic rings. The Morgan fingerprint density at radius 2 is 1.76 bits per heavy atom. The maximum absolute atomic E-state index is 12.4. The summed E-state index contributed by atoms with van der Waals surface area (Å²) < 4.78 is 5.64. The van der Waals surface area contributed by atoms with Crippen LogP contribution in [0.3, 0.4) is 0 Å². The third-order valence-corrected chi connectivity index (χ3v) is 5.94. The second kappa shape index (κ2) is 9.51. The molecule has 0 atom stereocenters. The topological polar surface area (TPSA) is 58.6 Å². The molecule has 3 rings (SSSR count). The lowest BCUT2D eigenvalue weighted by Crippen LogP contribution is -2.47. The van der Waals surface area contributed by atoms with Gasteiger partial charge in [-0.25, -0.2) is 0 Å². The summed E-state index contributed by atoms with van der Waals surface area (Å²) in [7, 11) is 0. The van der Waals surface area contributed by atoms with Crippen LogP contribution in [0.25, 0.3) is 0 Å². The van der Waals surface area contributed by atoms with Crippen molar-refractivity contribution < 1.29 is 14.3 Å². The molecule has 1 heterocycles. The molecule has 1 fully saturated rings. The van der Waals surface area contributed by atoms with Gasteiger partial charge in [-0.15, -0.1) is 0 Å². The first kappa shape index (κ1) is 21.5. The molecular weight excluding hydrogens is 411 g/mol. The van der Waals surface area contributed by atoms with Crippen LogP contribution >= 0.6 is 23.2 Å². The molecule has 1 N–H and O–H groups in total. The van der Waals surface area contributed by atoms with Gasteiger partial charge in [0, 0.05) is 24.7 Å². The molecule has 0 radical (unpaired) electrons. The number of halogens is 2. The van der Waals surface area contributed by atoms with E-state index in [2.05, 4.69) is 5.32 Å². The van der Waals surface area contributed by atoms with Gasteiger partial charge >= 0.3 is 0 Å². The first-order chi connectivity index (χ1) is 13.8. The SMILES string of the molecule is Cc1ccc(OCC(=O)N2CCC(NC(=O)c3ccc(Cl)c(Cl)c3)CC2)cc1C. The summed E-state index contributed by atoms with van der Waals surface area (Å²) in [6.07, 6.45) is 1.39. The number of hydrogen-bond acceptors (Lipinski definition) is 3. The van der Waals surface area contributed by atoms with E-state index in [1.807, 2.05) is 32.0 Å². The van der Waals surface area contributed by atoms with Crippen molar-refractivity contribution in [3.05, 3.63) is 63.1 Å². The van der Waals surface area contributed by atoms with Crippen LogP contribution in [0.4, 0.5) is 0 Å². The summed E-state index contributed by atoms with van der Waals surface area (Å²) in [5.74, 6) is 0.467. The summed E-state index contributed by atoms with van der Waals surface area (Å²) in [5.41, 5.74) is 2.79. The smallest absolute Gasteiger partial charge is 0.260 e. The zero-order chi connectivity index (χ0) is 21.0. The molecular formula is C22H24Cl2N2O3. The maximum atomic E-state index is 12.4. The maximum Gasteiger partial charge on any atom is 0.260 e. The van der Waals surface area contributed by atoms with Crippen LogP contribution in [0.1, 0.15) is 34.3 Å². The molecule has 2 aromatic carbocycles. The van der Waals surface area contributed by atoms with E-state index >= 15 is 0 Å². The van der Waals surface area contributed by atoms with Gasteiger partial charge in [-0.05, 0) is 68.1 Å². The van der Waals surface area contributed by atoms with Crippen LogP contribution in [-0.4, -0.2) is 42.5 Å². The van der Waals surface area contributed by atoms with Gasteiger partial charge in [-0.1, -0.05) is 29.3 Å². The molecule has 1 aliphatic rings. The monoisotopic (exact) mass is 434 g/mol. The Hall–Kier alpha value is -2.24. The molecule has 7 heteroatoms. The van der Waals surface area contributed by atoms with Crippen LogP contribution in [0, 0.1) is 13.8 Å². The highest BCUT2D eigenvalue weighted by atomic mass is 35.5.